The molecule has 3 heterocycles. The fourth-order valence-corrected chi connectivity index (χ4v) is 4.88. The largest absolute Gasteiger partial charge is 0.467 e. The summed E-state index contributed by atoms with van der Waals surface area (Å²) in [5.74, 6) is -1.22. The maximum Gasteiger partial charge on any atom is 0.318 e. The van der Waals surface area contributed by atoms with Gasteiger partial charge in [-0.3, -0.25) is 0 Å². The number of nitrogens with two attached hydrogens (primary N) is 1. The molecule has 0 amide bonds. The molecule has 0 saturated carbocycles. The number of methoxy groups -OCH3 is 1. The highest BCUT2D eigenvalue weighted by molar-refractivity contribution is 5.96. The van der Waals surface area contributed by atoms with E-state index >= 15 is 4.39 Å². The van der Waals surface area contributed by atoms with E-state index in [4.69, 9.17) is 15.2 Å². The zero-order chi connectivity index (χ0) is 26.7. The highest BCUT2D eigenvalue weighted by atomic mass is 19.1. The first-order valence-electron chi connectivity index (χ1n) is 12.5. The lowest BCUT2D eigenvalue weighted by atomic mass is 9.94. The van der Waals surface area contributed by atoms with Crippen LogP contribution in [0.25, 0.3) is 27.9 Å². The number of hydrogen-bond donors (Lipinski definition) is 1. The van der Waals surface area contributed by atoms with Gasteiger partial charge in [0.25, 0.3) is 0 Å². The predicted molar refractivity (Wildman–Crippen MR) is 139 cm³/mol. The number of anilines is 2. The molecule has 0 aliphatic carbocycles. The van der Waals surface area contributed by atoms with Crippen LogP contribution >= 0.6 is 0 Å². The fourth-order valence-electron chi connectivity index (χ4n) is 4.88. The third kappa shape index (κ3) is 5.14. The zero-order valence-electron chi connectivity index (χ0n) is 21.6. The van der Waals surface area contributed by atoms with Gasteiger partial charge in [0, 0.05) is 36.3 Å². The Kier molecular flexibility index (Phi) is 8.04. The molecule has 37 heavy (non-hydrogen) atoms. The Morgan fingerprint density at radius 1 is 1.16 bits per heavy atom. The Bertz CT molecular complexity index is 1340. The van der Waals surface area contributed by atoms with Crippen LogP contribution in [0.5, 0.6) is 6.01 Å². The van der Waals surface area contributed by atoms with Crippen molar-refractivity contribution < 1.29 is 22.6 Å². The zero-order valence-corrected chi connectivity index (χ0v) is 21.6. The smallest absolute Gasteiger partial charge is 0.318 e. The number of rotatable bonds is 10. The van der Waals surface area contributed by atoms with Crippen LogP contribution in [0.15, 0.2) is 18.0 Å². The quantitative estimate of drug-likeness (QED) is 0.193. The molecule has 1 aliphatic heterocycles. The van der Waals surface area contributed by atoms with Crippen LogP contribution in [0.3, 0.4) is 0 Å². The molecular formula is C27H32F3N5O2. The number of nitrogen functional groups attached to an aromatic ring is 1. The number of pyridine rings is 1. The molecule has 3 aromatic rings. The van der Waals surface area contributed by atoms with Crippen LogP contribution in [0.1, 0.15) is 56.4 Å². The van der Waals surface area contributed by atoms with Crippen LogP contribution < -0.4 is 15.4 Å². The lowest BCUT2D eigenvalue weighted by molar-refractivity contribution is 0.157. The highest BCUT2D eigenvalue weighted by Crippen LogP contribution is 2.41. The molecule has 0 radical (unpaired) electrons. The van der Waals surface area contributed by atoms with Gasteiger partial charge in [-0.25, -0.2) is 18.2 Å². The molecule has 4 rings (SSSR count). The number of alkyl halides is 1. The number of benzene rings is 1. The summed E-state index contributed by atoms with van der Waals surface area (Å²) in [7, 11) is 1.43. The van der Waals surface area contributed by atoms with Gasteiger partial charge in [-0.2, -0.15) is 9.97 Å². The molecule has 0 fully saturated rings. The highest BCUT2D eigenvalue weighted by Gasteiger charge is 2.29. The van der Waals surface area contributed by atoms with Crippen LogP contribution in [0.4, 0.5) is 24.7 Å². The van der Waals surface area contributed by atoms with Crippen molar-refractivity contribution in [1.82, 2.24) is 15.0 Å². The molecule has 2 N–H and O–H groups in total. The van der Waals surface area contributed by atoms with Gasteiger partial charge in [0.15, 0.2) is 11.6 Å². The van der Waals surface area contributed by atoms with Gasteiger partial charge in [-0.15, -0.1) is 0 Å². The van der Waals surface area contributed by atoms with Crippen molar-refractivity contribution in [3.63, 3.8) is 0 Å². The van der Waals surface area contributed by atoms with E-state index in [1.54, 1.807) is 13.0 Å². The summed E-state index contributed by atoms with van der Waals surface area (Å²) in [4.78, 5) is 15.7. The molecule has 10 heteroatoms. The Hall–Kier alpha value is -3.56. The van der Waals surface area contributed by atoms with Gasteiger partial charge < -0.3 is 20.1 Å². The molecular weight excluding hydrogens is 483 g/mol. The summed E-state index contributed by atoms with van der Waals surface area (Å²) in [5, 5.41) is 0.531. The topological polar surface area (TPSA) is 86.4 Å². The summed E-state index contributed by atoms with van der Waals surface area (Å²) >= 11 is 0. The van der Waals surface area contributed by atoms with Crippen molar-refractivity contribution in [3.05, 3.63) is 40.6 Å². The van der Waals surface area contributed by atoms with Crippen molar-refractivity contribution in [2.75, 3.05) is 37.7 Å². The van der Waals surface area contributed by atoms with Crippen LogP contribution in [0.2, 0.25) is 0 Å². The Balaban J connectivity index is 1.95. The van der Waals surface area contributed by atoms with E-state index < -0.39 is 18.5 Å². The molecule has 0 bridgehead atoms. The van der Waals surface area contributed by atoms with Gasteiger partial charge in [-0.05, 0) is 38.0 Å². The average Bonchev–Trinajstić information content (AvgIpc) is 2.87. The molecule has 0 saturated heterocycles. The minimum atomic E-state index is -1.25. The Labute approximate surface area is 214 Å². The molecule has 0 atom stereocenters. The summed E-state index contributed by atoms with van der Waals surface area (Å²) < 4.78 is 54.2. The van der Waals surface area contributed by atoms with Crippen molar-refractivity contribution in [2.24, 2.45) is 0 Å². The van der Waals surface area contributed by atoms with Gasteiger partial charge in [-0.1, -0.05) is 26.2 Å². The summed E-state index contributed by atoms with van der Waals surface area (Å²) in [5.41, 5.74) is 7.87. The van der Waals surface area contributed by atoms with Gasteiger partial charge >= 0.3 is 6.01 Å². The van der Waals surface area contributed by atoms with E-state index in [2.05, 4.69) is 26.8 Å². The Morgan fingerprint density at radius 3 is 2.62 bits per heavy atom. The van der Waals surface area contributed by atoms with Crippen molar-refractivity contribution in [2.45, 2.75) is 52.9 Å². The van der Waals surface area contributed by atoms with Crippen molar-refractivity contribution >= 4 is 28.2 Å². The van der Waals surface area contributed by atoms with E-state index in [1.165, 1.54) is 13.2 Å². The molecule has 198 valence electrons. The fraction of sp³-hybridized carbons (Fsp3) is 0.444. The van der Waals surface area contributed by atoms with Gasteiger partial charge in [0.1, 0.15) is 22.9 Å². The number of ether oxygens (including phenoxy) is 2. The molecule has 1 aromatic carbocycles. The lowest BCUT2D eigenvalue weighted by Gasteiger charge is -2.30. The first-order valence-corrected chi connectivity index (χ1v) is 12.5. The lowest BCUT2D eigenvalue weighted by Crippen LogP contribution is -2.32. The minimum absolute atomic E-state index is 0.0369. The average molecular weight is 516 g/mol. The molecule has 0 spiro atoms. The number of hydrogen-bond acceptors (Lipinski definition) is 7. The summed E-state index contributed by atoms with van der Waals surface area (Å²) in [6.45, 7) is 5.16. The first-order chi connectivity index (χ1) is 17.8. The SMILES string of the molecule is CCCCCCN1CCc2nc(-c3cc(N)cc(C)c3/C(OCF)=C(\C)F)c(F)c3nc(OC)nc1c23. The first kappa shape index (κ1) is 26.5. The van der Waals surface area contributed by atoms with Crippen molar-refractivity contribution in [1.29, 1.82) is 0 Å². The number of unbranched alkanes of at least 4 members (excludes halogenated alkanes) is 3. The van der Waals surface area contributed by atoms with Crippen LogP contribution in [-0.4, -0.2) is 42.0 Å². The third-order valence-electron chi connectivity index (χ3n) is 6.55. The maximum absolute atomic E-state index is 16.3. The maximum atomic E-state index is 16.3. The van der Waals surface area contributed by atoms with Crippen LogP contribution in [0, 0.1) is 12.7 Å². The summed E-state index contributed by atoms with van der Waals surface area (Å²) in [6, 6.07) is 3.11. The number of aryl methyl sites for hydroxylation is 1. The minimum Gasteiger partial charge on any atom is -0.467 e. The van der Waals surface area contributed by atoms with E-state index in [0.29, 0.717) is 41.1 Å². The standard InChI is InChI=1S/C27H32F3N5O2/c1-5-6-7-8-10-35-11-9-19-21-24(33-27(36-4)34-26(21)35)22(30)23(32-19)18-13-17(31)12-15(2)20(18)25(16(3)29)37-14-28/h12-13H,5-11,14,31H2,1-4H3/b25-16-. The molecule has 1 aliphatic rings. The monoisotopic (exact) mass is 515 g/mol. The van der Waals surface area contributed by atoms with E-state index in [9.17, 15) is 8.78 Å². The normalized spacial score (nSPS) is 13.6. The number of allylic oxidation sites excluding steroid dienone is 1. The second kappa shape index (κ2) is 11.2. The Morgan fingerprint density at radius 2 is 1.95 bits per heavy atom. The molecule has 2 aromatic heterocycles. The third-order valence-corrected chi connectivity index (χ3v) is 6.55. The van der Waals surface area contributed by atoms with Gasteiger partial charge in [0.2, 0.25) is 6.86 Å². The van der Waals surface area contributed by atoms with E-state index in [1.807, 2.05) is 0 Å². The second-order valence-electron chi connectivity index (χ2n) is 9.15. The number of nitrogens with zero attached hydrogens (tertiary/aromatic N) is 4. The molecule has 0 unspecified atom stereocenters. The van der Waals surface area contributed by atoms with Crippen LogP contribution in [-0.2, 0) is 11.2 Å². The second-order valence-corrected chi connectivity index (χ2v) is 9.15. The number of aromatic nitrogens is 3. The molecule has 7 nitrogen and oxygen atoms in total. The number of halogens is 3. The van der Waals surface area contributed by atoms with E-state index in [0.717, 1.165) is 39.2 Å². The van der Waals surface area contributed by atoms with E-state index in [-0.39, 0.29) is 34.1 Å². The summed E-state index contributed by atoms with van der Waals surface area (Å²) in [6.07, 6.45) is 4.91. The van der Waals surface area contributed by atoms with Crippen molar-refractivity contribution in [3.8, 4) is 17.3 Å². The predicted octanol–water partition coefficient (Wildman–Crippen LogP) is 6.27. The van der Waals surface area contributed by atoms with Gasteiger partial charge in [0.05, 0.1) is 18.2 Å².